The molecular weight excluding hydrogens is 256 g/mol. The van der Waals surface area contributed by atoms with Gasteiger partial charge in [0.15, 0.2) is 0 Å². The van der Waals surface area contributed by atoms with Crippen LogP contribution < -0.4 is 11.1 Å². The molecule has 1 saturated carbocycles. The molecule has 3 N–H and O–H groups in total. The second kappa shape index (κ2) is 7.05. The van der Waals surface area contributed by atoms with Gasteiger partial charge in [-0.2, -0.15) is 0 Å². The van der Waals surface area contributed by atoms with Gasteiger partial charge in [-0.25, -0.2) is 0 Å². The average Bonchev–Trinajstić information content (AvgIpc) is 3.26. The Labute approximate surface area is 118 Å². The first-order valence-corrected chi connectivity index (χ1v) is 6.87. The van der Waals surface area contributed by atoms with Crippen molar-refractivity contribution in [2.45, 2.75) is 31.9 Å². The van der Waals surface area contributed by atoms with Crippen LogP contribution in [0.1, 0.15) is 24.8 Å². The molecular formula is C15H20N2O3. The molecule has 0 saturated heterocycles. The molecule has 1 atom stereocenters. The molecule has 1 aromatic carbocycles. The summed E-state index contributed by atoms with van der Waals surface area (Å²) in [5.74, 6) is -0.219. The summed E-state index contributed by atoms with van der Waals surface area (Å²) in [7, 11) is 0. The van der Waals surface area contributed by atoms with Gasteiger partial charge in [-0.15, -0.1) is 0 Å². The number of nitrogens with two attached hydrogens (primary N) is 1. The lowest BCUT2D eigenvalue weighted by molar-refractivity contribution is -0.144. The van der Waals surface area contributed by atoms with E-state index in [1.807, 2.05) is 30.3 Å². The molecule has 0 unspecified atom stereocenters. The monoisotopic (exact) mass is 276 g/mol. The van der Waals surface area contributed by atoms with E-state index in [1.54, 1.807) is 0 Å². The normalized spacial score (nSPS) is 15.6. The van der Waals surface area contributed by atoms with Crippen molar-refractivity contribution in [1.82, 2.24) is 5.32 Å². The lowest BCUT2D eigenvalue weighted by Crippen LogP contribution is -2.44. The maximum Gasteiger partial charge on any atom is 0.320 e. The number of esters is 1. The predicted octanol–water partition coefficient (Wildman–Crippen LogP) is 0.973. The zero-order valence-electron chi connectivity index (χ0n) is 11.4. The fourth-order valence-electron chi connectivity index (χ4n) is 1.98. The molecule has 0 aromatic heterocycles. The van der Waals surface area contributed by atoms with Crippen molar-refractivity contribution < 1.29 is 14.3 Å². The van der Waals surface area contributed by atoms with E-state index in [0.29, 0.717) is 12.3 Å². The van der Waals surface area contributed by atoms with Gasteiger partial charge in [0.1, 0.15) is 6.61 Å². The van der Waals surface area contributed by atoms with E-state index in [4.69, 9.17) is 10.5 Å². The smallest absolute Gasteiger partial charge is 0.320 e. The van der Waals surface area contributed by atoms with Gasteiger partial charge in [-0.3, -0.25) is 14.9 Å². The van der Waals surface area contributed by atoms with Crippen LogP contribution in [0, 0.1) is 5.92 Å². The van der Waals surface area contributed by atoms with E-state index >= 15 is 0 Å². The van der Waals surface area contributed by atoms with Gasteiger partial charge in [0.25, 0.3) is 0 Å². The molecule has 1 aliphatic rings. The number of hydrogen-bond donors (Lipinski definition) is 2. The summed E-state index contributed by atoms with van der Waals surface area (Å²) in [6.45, 7) is 0.248. The van der Waals surface area contributed by atoms with Gasteiger partial charge in [0.05, 0.1) is 12.6 Å². The van der Waals surface area contributed by atoms with Gasteiger partial charge in [0.2, 0.25) is 5.91 Å². The van der Waals surface area contributed by atoms with Gasteiger partial charge in [-0.1, -0.05) is 43.2 Å². The Morgan fingerprint density at radius 3 is 2.60 bits per heavy atom. The third kappa shape index (κ3) is 5.01. The Balaban J connectivity index is 1.69. The first-order valence-electron chi connectivity index (χ1n) is 6.87. The highest BCUT2D eigenvalue weighted by molar-refractivity contribution is 5.81. The van der Waals surface area contributed by atoms with Gasteiger partial charge < -0.3 is 10.5 Å². The van der Waals surface area contributed by atoms with E-state index in [9.17, 15) is 9.59 Å². The lowest BCUT2D eigenvalue weighted by atomic mass is 10.1. The first kappa shape index (κ1) is 14.5. The molecule has 0 spiro atoms. The van der Waals surface area contributed by atoms with Crippen molar-refractivity contribution in [3.63, 3.8) is 0 Å². The number of rotatable bonds is 8. The Morgan fingerprint density at radius 1 is 1.30 bits per heavy atom. The van der Waals surface area contributed by atoms with Crippen molar-refractivity contribution in [1.29, 1.82) is 0 Å². The van der Waals surface area contributed by atoms with E-state index < -0.39 is 11.9 Å². The summed E-state index contributed by atoms with van der Waals surface area (Å²) >= 11 is 0. The lowest BCUT2D eigenvalue weighted by Gasteiger charge is -2.14. The third-order valence-corrected chi connectivity index (χ3v) is 3.34. The quantitative estimate of drug-likeness (QED) is 0.693. The van der Waals surface area contributed by atoms with E-state index in [2.05, 4.69) is 5.32 Å². The van der Waals surface area contributed by atoms with Gasteiger partial charge in [0, 0.05) is 0 Å². The van der Waals surface area contributed by atoms with Crippen LogP contribution in [0.3, 0.4) is 0 Å². The number of primary amides is 1. The Morgan fingerprint density at radius 2 is 2.00 bits per heavy atom. The van der Waals surface area contributed by atoms with Gasteiger partial charge >= 0.3 is 5.97 Å². The Bertz CT molecular complexity index is 457. The number of hydrogen-bond acceptors (Lipinski definition) is 4. The zero-order chi connectivity index (χ0) is 14.4. The molecule has 5 heteroatoms. The van der Waals surface area contributed by atoms with Crippen molar-refractivity contribution in [3.05, 3.63) is 35.9 Å². The summed E-state index contributed by atoms with van der Waals surface area (Å²) in [5.41, 5.74) is 6.25. The van der Waals surface area contributed by atoms with Crippen LogP contribution in [-0.4, -0.2) is 24.5 Å². The maximum absolute atomic E-state index is 11.6. The highest BCUT2D eigenvalue weighted by Gasteiger charge is 2.28. The van der Waals surface area contributed by atoms with Crippen molar-refractivity contribution in [3.8, 4) is 0 Å². The van der Waals surface area contributed by atoms with Crippen LogP contribution >= 0.6 is 0 Å². The molecule has 0 heterocycles. The summed E-state index contributed by atoms with van der Waals surface area (Å²) in [4.78, 5) is 22.9. The molecule has 2 rings (SSSR count). The Kier molecular flexibility index (Phi) is 5.12. The molecule has 20 heavy (non-hydrogen) atoms. The van der Waals surface area contributed by atoms with Crippen LogP contribution in [0.15, 0.2) is 30.3 Å². The molecule has 108 valence electrons. The first-order chi connectivity index (χ1) is 9.65. The number of amides is 1. The topological polar surface area (TPSA) is 81.4 Å². The van der Waals surface area contributed by atoms with E-state index in [-0.39, 0.29) is 19.1 Å². The zero-order valence-corrected chi connectivity index (χ0v) is 11.4. The van der Waals surface area contributed by atoms with Gasteiger partial charge in [-0.05, 0) is 17.9 Å². The van der Waals surface area contributed by atoms with Crippen LogP contribution in [0.4, 0.5) is 0 Å². The van der Waals surface area contributed by atoms with Crippen LogP contribution in [0.25, 0.3) is 0 Å². The summed E-state index contributed by atoms with van der Waals surface area (Å²) in [6, 6.07) is 9.02. The summed E-state index contributed by atoms with van der Waals surface area (Å²) < 4.78 is 5.13. The van der Waals surface area contributed by atoms with E-state index in [0.717, 1.165) is 18.4 Å². The largest absolute Gasteiger partial charge is 0.460 e. The minimum absolute atomic E-state index is 0.00710. The molecule has 1 aliphatic carbocycles. The van der Waals surface area contributed by atoms with E-state index in [1.165, 1.54) is 0 Å². The minimum Gasteiger partial charge on any atom is -0.460 e. The average molecular weight is 276 g/mol. The van der Waals surface area contributed by atoms with Crippen molar-refractivity contribution in [2.75, 3.05) is 6.54 Å². The molecule has 1 fully saturated rings. The number of ether oxygens (including phenoxy) is 1. The Hall–Kier alpha value is -1.88. The molecule has 0 bridgehead atoms. The van der Waals surface area contributed by atoms with Crippen molar-refractivity contribution >= 4 is 11.9 Å². The molecule has 1 amide bonds. The number of carbonyl (C=O) groups is 2. The molecule has 0 aliphatic heterocycles. The molecule has 5 nitrogen and oxygen atoms in total. The SMILES string of the molecule is NC(=O)[C@H](CC1CC1)NCC(=O)OCc1ccccc1. The predicted molar refractivity (Wildman–Crippen MR) is 74.6 cm³/mol. The fourth-order valence-corrected chi connectivity index (χ4v) is 1.98. The molecule has 1 aromatic rings. The number of nitrogens with one attached hydrogen (secondary N) is 1. The van der Waals surface area contributed by atoms with Crippen LogP contribution in [-0.2, 0) is 20.9 Å². The summed E-state index contributed by atoms with van der Waals surface area (Å²) in [6.07, 6.45) is 3.00. The maximum atomic E-state index is 11.6. The van der Waals surface area contributed by atoms with Crippen molar-refractivity contribution in [2.24, 2.45) is 11.7 Å². The summed E-state index contributed by atoms with van der Waals surface area (Å²) in [5, 5.41) is 2.88. The highest BCUT2D eigenvalue weighted by Crippen LogP contribution is 2.33. The second-order valence-electron chi connectivity index (χ2n) is 5.16. The minimum atomic E-state index is -0.438. The number of benzene rings is 1. The fraction of sp³-hybridized carbons (Fsp3) is 0.467. The molecule has 0 radical (unpaired) electrons. The van der Waals surface area contributed by atoms with Crippen LogP contribution in [0.5, 0.6) is 0 Å². The number of carbonyl (C=O) groups excluding carboxylic acids is 2. The third-order valence-electron chi connectivity index (χ3n) is 3.34. The standard InChI is InChI=1S/C15H20N2O3/c16-15(19)13(8-11-6-7-11)17-9-14(18)20-10-12-4-2-1-3-5-12/h1-5,11,13,17H,6-10H2,(H2,16,19)/t13-/m0/s1. The highest BCUT2D eigenvalue weighted by atomic mass is 16.5. The van der Waals surface area contributed by atoms with Crippen LogP contribution in [0.2, 0.25) is 0 Å². The second-order valence-corrected chi connectivity index (χ2v) is 5.16.